The Kier molecular flexibility index (Phi) is 9.53. The molecule has 11 heteroatoms. The quantitative estimate of drug-likeness (QED) is 0.659. The molecule has 0 unspecified atom stereocenters. The molecule has 1 aromatic rings. The summed E-state index contributed by atoms with van der Waals surface area (Å²) in [5.74, 6) is -2.57. The minimum absolute atomic E-state index is 0.0227. The van der Waals surface area contributed by atoms with Crippen LogP contribution in [0.5, 0.6) is 0 Å². The first kappa shape index (κ1) is 24.6. The molecule has 0 bridgehead atoms. The SMILES string of the molecule is COCCN1C[C@@H](C(=O)NCCc2cccs2)C[C@H]2OCC[C@H]21.O=C(O)C(F)(F)F. The van der Waals surface area contributed by atoms with Crippen LogP contribution in [0, 0.1) is 5.92 Å². The van der Waals surface area contributed by atoms with E-state index in [1.165, 1.54) is 4.88 Å². The molecule has 7 nitrogen and oxygen atoms in total. The number of nitrogens with zero attached hydrogens (tertiary/aromatic N) is 1. The van der Waals surface area contributed by atoms with Gasteiger partial charge in [0.15, 0.2) is 0 Å². The first-order chi connectivity index (χ1) is 14.2. The van der Waals surface area contributed by atoms with Crippen LogP contribution < -0.4 is 5.32 Å². The van der Waals surface area contributed by atoms with Gasteiger partial charge >= 0.3 is 12.1 Å². The maximum absolute atomic E-state index is 12.5. The van der Waals surface area contributed by atoms with Crippen LogP contribution in [0.4, 0.5) is 13.2 Å². The molecule has 2 N–H and O–H groups in total. The molecule has 0 saturated carbocycles. The molecule has 2 aliphatic heterocycles. The number of fused-ring (bicyclic) bond motifs is 1. The molecule has 2 saturated heterocycles. The fourth-order valence-corrected chi connectivity index (χ4v) is 4.33. The summed E-state index contributed by atoms with van der Waals surface area (Å²) in [6, 6.07) is 4.62. The number of rotatable bonds is 7. The lowest BCUT2D eigenvalue weighted by Crippen LogP contribution is -2.53. The Morgan fingerprint density at radius 2 is 2.17 bits per heavy atom. The fourth-order valence-electron chi connectivity index (χ4n) is 3.62. The second-order valence-electron chi connectivity index (χ2n) is 7.11. The lowest BCUT2D eigenvalue weighted by Gasteiger charge is -2.40. The van der Waals surface area contributed by atoms with E-state index in [1.807, 2.05) is 6.07 Å². The monoisotopic (exact) mass is 452 g/mol. The average molecular weight is 452 g/mol. The number of alkyl halides is 3. The molecule has 1 aromatic heterocycles. The molecule has 3 rings (SSSR count). The Labute approximate surface area is 177 Å². The smallest absolute Gasteiger partial charge is 0.475 e. The van der Waals surface area contributed by atoms with Crippen molar-refractivity contribution in [1.29, 1.82) is 0 Å². The molecule has 1 amide bonds. The predicted molar refractivity (Wildman–Crippen MR) is 104 cm³/mol. The van der Waals surface area contributed by atoms with Gasteiger partial charge in [0.05, 0.1) is 18.6 Å². The van der Waals surface area contributed by atoms with Crippen LogP contribution in [0.2, 0.25) is 0 Å². The molecule has 0 aliphatic carbocycles. The van der Waals surface area contributed by atoms with Gasteiger partial charge in [0.1, 0.15) is 0 Å². The molecule has 0 aromatic carbocycles. The summed E-state index contributed by atoms with van der Waals surface area (Å²) in [5, 5.41) is 12.3. The number of hydrogen-bond donors (Lipinski definition) is 2. The van der Waals surface area contributed by atoms with E-state index in [9.17, 15) is 18.0 Å². The van der Waals surface area contributed by atoms with Crippen LogP contribution in [-0.2, 0) is 25.5 Å². The van der Waals surface area contributed by atoms with E-state index >= 15 is 0 Å². The van der Waals surface area contributed by atoms with Crippen molar-refractivity contribution in [2.45, 2.75) is 37.6 Å². The highest BCUT2D eigenvalue weighted by Crippen LogP contribution is 2.31. The van der Waals surface area contributed by atoms with E-state index in [1.54, 1.807) is 18.4 Å². The van der Waals surface area contributed by atoms with Crippen LogP contribution in [0.3, 0.4) is 0 Å². The predicted octanol–water partition coefficient (Wildman–Crippen LogP) is 2.17. The minimum Gasteiger partial charge on any atom is -0.475 e. The molecule has 0 spiro atoms. The third-order valence-electron chi connectivity index (χ3n) is 5.06. The number of amides is 1. The van der Waals surface area contributed by atoms with Crippen molar-refractivity contribution in [3.05, 3.63) is 22.4 Å². The molecule has 3 atom stereocenters. The van der Waals surface area contributed by atoms with Gasteiger partial charge in [-0.15, -0.1) is 11.3 Å². The van der Waals surface area contributed by atoms with Crippen molar-refractivity contribution >= 4 is 23.2 Å². The summed E-state index contributed by atoms with van der Waals surface area (Å²) >= 11 is 1.74. The number of piperidine rings is 1. The Morgan fingerprint density at radius 1 is 1.43 bits per heavy atom. The summed E-state index contributed by atoms with van der Waals surface area (Å²) in [5.41, 5.74) is 0. The van der Waals surface area contributed by atoms with E-state index in [2.05, 4.69) is 21.7 Å². The van der Waals surface area contributed by atoms with Crippen molar-refractivity contribution < 1.29 is 37.3 Å². The fraction of sp³-hybridized carbons (Fsp3) is 0.684. The van der Waals surface area contributed by atoms with Gasteiger partial charge in [0, 0.05) is 44.3 Å². The Bertz CT molecular complexity index is 672. The largest absolute Gasteiger partial charge is 0.490 e. The van der Waals surface area contributed by atoms with E-state index in [0.717, 1.165) is 39.0 Å². The van der Waals surface area contributed by atoms with E-state index in [4.69, 9.17) is 19.4 Å². The molecular formula is C19H27F3N2O5S. The third kappa shape index (κ3) is 7.53. The van der Waals surface area contributed by atoms with Gasteiger partial charge < -0.3 is 19.9 Å². The number of carboxylic acids is 1. The van der Waals surface area contributed by atoms with E-state index < -0.39 is 12.1 Å². The van der Waals surface area contributed by atoms with Crippen LogP contribution in [0.1, 0.15) is 17.7 Å². The first-order valence-electron chi connectivity index (χ1n) is 9.67. The number of ether oxygens (including phenoxy) is 2. The van der Waals surface area contributed by atoms with Gasteiger partial charge in [-0.3, -0.25) is 9.69 Å². The summed E-state index contributed by atoms with van der Waals surface area (Å²) in [4.78, 5) is 25.1. The van der Waals surface area contributed by atoms with Gasteiger partial charge in [-0.1, -0.05) is 6.07 Å². The number of carboxylic acid groups (broad SMARTS) is 1. The zero-order valence-corrected chi connectivity index (χ0v) is 17.5. The van der Waals surface area contributed by atoms with Gasteiger partial charge in [0.25, 0.3) is 0 Å². The summed E-state index contributed by atoms with van der Waals surface area (Å²) in [6.45, 7) is 3.92. The maximum Gasteiger partial charge on any atom is 0.490 e. The lowest BCUT2D eigenvalue weighted by atomic mass is 9.89. The number of halogens is 3. The number of carbonyl (C=O) groups is 2. The van der Waals surface area contributed by atoms with Gasteiger partial charge in [-0.25, -0.2) is 4.79 Å². The molecule has 3 heterocycles. The highest BCUT2D eigenvalue weighted by molar-refractivity contribution is 7.09. The zero-order chi connectivity index (χ0) is 22.1. The van der Waals surface area contributed by atoms with Gasteiger partial charge in [-0.2, -0.15) is 13.2 Å². The number of nitrogens with one attached hydrogen (secondary N) is 1. The summed E-state index contributed by atoms with van der Waals surface area (Å²) < 4.78 is 42.8. The average Bonchev–Trinajstić information content (AvgIpc) is 3.37. The lowest BCUT2D eigenvalue weighted by molar-refractivity contribution is -0.192. The normalized spacial score (nSPS) is 23.9. The molecule has 2 aliphatic rings. The first-order valence-corrected chi connectivity index (χ1v) is 10.5. The summed E-state index contributed by atoms with van der Waals surface area (Å²) in [7, 11) is 1.72. The number of likely N-dealkylation sites (tertiary alicyclic amines) is 1. The molecular weight excluding hydrogens is 425 g/mol. The highest BCUT2D eigenvalue weighted by Gasteiger charge is 2.42. The van der Waals surface area contributed by atoms with E-state index in [0.29, 0.717) is 19.2 Å². The second kappa shape index (κ2) is 11.6. The third-order valence-corrected chi connectivity index (χ3v) is 6.00. The van der Waals surface area contributed by atoms with Crippen molar-refractivity contribution in [1.82, 2.24) is 10.2 Å². The standard InChI is InChI=1S/C17H26N2O3S.C2HF3O2/c1-21-9-7-19-12-13(11-16-15(19)5-8-22-16)17(20)18-6-4-14-3-2-10-23-14;3-2(4,5)1(6)7/h2-3,10,13,15-16H,4-9,11-12H2,1H3,(H,18,20);(H,6,7)/t13-,15+,16+;/m0./s1. The minimum atomic E-state index is -5.08. The number of methoxy groups -OCH3 is 1. The zero-order valence-electron chi connectivity index (χ0n) is 16.7. The topological polar surface area (TPSA) is 88.1 Å². The van der Waals surface area contributed by atoms with Crippen LogP contribution in [0.15, 0.2) is 17.5 Å². The number of carbonyl (C=O) groups excluding carboxylic acids is 1. The Balaban J connectivity index is 0.000000396. The van der Waals surface area contributed by atoms with Crippen LogP contribution >= 0.6 is 11.3 Å². The molecule has 170 valence electrons. The van der Waals surface area contributed by atoms with E-state index in [-0.39, 0.29) is 17.9 Å². The van der Waals surface area contributed by atoms with Crippen molar-refractivity contribution in [3.63, 3.8) is 0 Å². The Hall–Kier alpha value is -1.69. The van der Waals surface area contributed by atoms with Crippen LogP contribution in [0.25, 0.3) is 0 Å². The number of hydrogen-bond acceptors (Lipinski definition) is 6. The summed E-state index contributed by atoms with van der Waals surface area (Å²) in [6.07, 6.45) is -2.06. The molecule has 2 fully saturated rings. The van der Waals surface area contributed by atoms with Crippen molar-refractivity contribution in [2.75, 3.05) is 40.0 Å². The maximum atomic E-state index is 12.5. The van der Waals surface area contributed by atoms with Gasteiger partial charge in [-0.05, 0) is 30.7 Å². The van der Waals surface area contributed by atoms with Crippen molar-refractivity contribution in [3.8, 4) is 0 Å². The molecule has 0 radical (unpaired) electrons. The van der Waals surface area contributed by atoms with Crippen molar-refractivity contribution in [2.24, 2.45) is 5.92 Å². The second-order valence-corrected chi connectivity index (χ2v) is 8.14. The Morgan fingerprint density at radius 3 is 2.77 bits per heavy atom. The highest BCUT2D eigenvalue weighted by atomic mass is 32.1. The van der Waals surface area contributed by atoms with Crippen LogP contribution in [-0.4, -0.2) is 80.2 Å². The molecule has 30 heavy (non-hydrogen) atoms. The number of thiophene rings is 1. The van der Waals surface area contributed by atoms with Gasteiger partial charge in [0.2, 0.25) is 5.91 Å². The number of aliphatic carboxylic acids is 1.